The average molecular weight is 282 g/mol. The number of nitrogens with one attached hydrogen (secondary N) is 1. The van der Waals surface area contributed by atoms with E-state index in [-0.39, 0.29) is 0 Å². The van der Waals surface area contributed by atoms with Gasteiger partial charge in [-0.3, -0.25) is 9.05 Å². The Labute approximate surface area is 113 Å². The van der Waals surface area contributed by atoms with Crippen LogP contribution in [0.25, 0.3) is 6.08 Å². The number of rotatable bonds is 8. The molecule has 6 heteroatoms. The largest absolute Gasteiger partial charge is 0.448 e. The third-order valence-corrected chi connectivity index (χ3v) is 3.58. The molecule has 0 aliphatic carbocycles. The Bertz CT molecular complexity index is 450. The minimum Gasteiger partial charge on any atom is -0.292 e. The molecule has 0 unspecified atom stereocenters. The van der Waals surface area contributed by atoms with Gasteiger partial charge in [0.1, 0.15) is 0 Å². The zero-order valence-corrected chi connectivity index (χ0v) is 12.0. The maximum atomic E-state index is 12.0. The highest BCUT2D eigenvalue weighted by atomic mass is 31.2. The number of hydrazone groups is 1. The highest BCUT2D eigenvalue weighted by Crippen LogP contribution is 2.43. The molecule has 1 rings (SSSR count). The number of hydrogen-bond donors (Lipinski definition) is 1. The molecule has 0 fully saturated rings. The standard InChI is InChI=1S/C13H19N2O3P/c1-3-17-19(16,18-4-2)15-14-12-8-11-13-9-6-5-7-10-13/h5-12H,3-4H2,1-2H3,(H,15,16)/b11-8+,14-12+. The van der Waals surface area contributed by atoms with Crippen molar-refractivity contribution in [2.45, 2.75) is 13.8 Å². The van der Waals surface area contributed by atoms with Crippen LogP contribution in [0.3, 0.4) is 0 Å². The summed E-state index contributed by atoms with van der Waals surface area (Å²) in [5.41, 5.74) is 1.06. The molecule has 5 nitrogen and oxygen atoms in total. The predicted molar refractivity (Wildman–Crippen MR) is 78.0 cm³/mol. The third-order valence-electron chi connectivity index (χ3n) is 2.03. The second kappa shape index (κ2) is 8.64. The topological polar surface area (TPSA) is 59.9 Å². The Balaban J connectivity index is 2.48. The van der Waals surface area contributed by atoms with Gasteiger partial charge < -0.3 is 0 Å². The summed E-state index contributed by atoms with van der Waals surface area (Å²) in [4.78, 5) is 0. The fraction of sp³-hybridized carbons (Fsp3) is 0.308. The van der Waals surface area contributed by atoms with Gasteiger partial charge in [0.05, 0.1) is 13.2 Å². The van der Waals surface area contributed by atoms with Crippen molar-refractivity contribution in [1.82, 2.24) is 5.20 Å². The van der Waals surface area contributed by atoms with Crippen LogP contribution in [0.5, 0.6) is 0 Å². The summed E-state index contributed by atoms with van der Waals surface area (Å²) in [6.07, 6.45) is 5.12. The van der Waals surface area contributed by atoms with E-state index in [0.29, 0.717) is 13.2 Å². The molecule has 0 bridgehead atoms. The molecule has 0 aliphatic heterocycles. The van der Waals surface area contributed by atoms with Crippen molar-refractivity contribution in [2.75, 3.05) is 13.2 Å². The van der Waals surface area contributed by atoms with Crippen molar-refractivity contribution in [3.8, 4) is 0 Å². The van der Waals surface area contributed by atoms with Gasteiger partial charge >= 0.3 is 7.75 Å². The van der Waals surface area contributed by atoms with Crippen LogP contribution in [-0.2, 0) is 13.6 Å². The van der Waals surface area contributed by atoms with E-state index >= 15 is 0 Å². The molecule has 0 radical (unpaired) electrons. The minimum atomic E-state index is -3.31. The maximum absolute atomic E-state index is 12.0. The van der Waals surface area contributed by atoms with Crippen molar-refractivity contribution in [3.63, 3.8) is 0 Å². The summed E-state index contributed by atoms with van der Waals surface area (Å²) in [6.45, 7) is 4.07. The van der Waals surface area contributed by atoms with Gasteiger partial charge in [-0.05, 0) is 25.5 Å². The number of benzene rings is 1. The first kappa shape index (κ1) is 15.6. The van der Waals surface area contributed by atoms with Crippen molar-refractivity contribution >= 4 is 20.0 Å². The molecule has 0 aliphatic rings. The highest BCUT2D eigenvalue weighted by molar-refractivity contribution is 7.51. The fourth-order valence-corrected chi connectivity index (χ4v) is 2.38. The van der Waals surface area contributed by atoms with E-state index in [2.05, 4.69) is 10.3 Å². The van der Waals surface area contributed by atoms with Gasteiger partial charge in [0.15, 0.2) is 0 Å². The molecule has 0 spiro atoms. The molecule has 19 heavy (non-hydrogen) atoms. The molecule has 0 heterocycles. The van der Waals surface area contributed by atoms with Gasteiger partial charge in [-0.2, -0.15) is 5.10 Å². The van der Waals surface area contributed by atoms with Crippen molar-refractivity contribution < 1.29 is 13.6 Å². The fourth-order valence-electron chi connectivity index (χ4n) is 1.30. The Kier molecular flexibility index (Phi) is 7.11. The highest BCUT2D eigenvalue weighted by Gasteiger charge is 2.22. The Morgan fingerprint density at radius 3 is 2.42 bits per heavy atom. The molecular weight excluding hydrogens is 263 g/mol. The van der Waals surface area contributed by atoms with Crippen LogP contribution in [0.4, 0.5) is 0 Å². The molecule has 1 N–H and O–H groups in total. The normalized spacial score (nSPS) is 12.3. The van der Waals surface area contributed by atoms with Crippen LogP contribution in [0.2, 0.25) is 0 Å². The van der Waals surface area contributed by atoms with Gasteiger partial charge in [-0.15, -0.1) is 0 Å². The SMILES string of the molecule is CCOP(=O)(N/N=C/C=C/c1ccccc1)OCC. The van der Waals surface area contributed by atoms with E-state index in [4.69, 9.17) is 9.05 Å². The van der Waals surface area contributed by atoms with E-state index in [1.807, 2.05) is 36.4 Å². The summed E-state index contributed by atoms with van der Waals surface area (Å²) >= 11 is 0. The Morgan fingerprint density at radius 1 is 1.21 bits per heavy atom. The first-order valence-electron chi connectivity index (χ1n) is 6.11. The lowest BCUT2D eigenvalue weighted by Crippen LogP contribution is -2.09. The van der Waals surface area contributed by atoms with Crippen LogP contribution < -0.4 is 5.20 Å². The molecule has 1 aromatic carbocycles. The quantitative estimate of drug-likeness (QED) is 0.450. The third kappa shape index (κ3) is 6.34. The van der Waals surface area contributed by atoms with Crippen LogP contribution in [0.15, 0.2) is 41.5 Å². The van der Waals surface area contributed by atoms with Crippen molar-refractivity contribution in [1.29, 1.82) is 0 Å². The minimum absolute atomic E-state index is 0.291. The summed E-state index contributed by atoms with van der Waals surface area (Å²) in [6, 6.07) is 9.81. The lowest BCUT2D eigenvalue weighted by Gasteiger charge is -2.14. The van der Waals surface area contributed by atoms with E-state index in [1.165, 1.54) is 6.21 Å². The van der Waals surface area contributed by atoms with Gasteiger partial charge in [0.2, 0.25) is 0 Å². The lowest BCUT2D eigenvalue weighted by molar-refractivity contribution is 0.211. The van der Waals surface area contributed by atoms with Crippen LogP contribution in [0.1, 0.15) is 19.4 Å². The summed E-state index contributed by atoms with van der Waals surface area (Å²) in [5.74, 6) is 0. The summed E-state index contributed by atoms with van der Waals surface area (Å²) in [7, 11) is -3.31. The molecule has 0 aromatic heterocycles. The average Bonchev–Trinajstić information content (AvgIpc) is 2.40. The van der Waals surface area contributed by atoms with Gasteiger partial charge in [-0.25, -0.2) is 9.76 Å². The van der Waals surface area contributed by atoms with Gasteiger partial charge in [-0.1, -0.05) is 36.4 Å². The van der Waals surface area contributed by atoms with E-state index in [0.717, 1.165) is 5.56 Å². The van der Waals surface area contributed by atoms with Crippen molar-refractivity contribution in [3.05, 3.63) is 42.0 Å². The van der Waals surface area contributed by atoms with Crippen LogP contribution >= 0.6 is 7.75 Å². The zero-order chi connectivity index (χ0) is 14.0. The van der Waals surface area contributed by atoms with E-state index < -0.39 is 7.75 Å². The second-order valence-corrected chi connectivity index (χ2v) is 5.19. The van der Waals surface area contributed by atoms with Gasteiger partial charge in [0, 0.05) is 6.21 Å². The molecule has 0 amide bonds. The number of hydrogen-bond acceptors (Lipinski definition) is 4. The molecule has 104 valence electrons. The number of nitrogens with zero attached hydrogens (tertiary/aromatic N) is 1. The summed E-state index contributed by atoms with van der Waals surface area (Å²) in [5, 5.41) is 6.23. The lowest BCUT2D eigenvalue weighted by atomic mass is 10.2. The first-order valence-corrected chi connectivity index (χ1v) is 7.65. The van der Waals surface area contributed by atoms with Crippen molar-refractivity contribution in [2.24, 2.45) is 5.10 Å². The van der Waals surface area contributed by atoms with E-state index in [1.54, 1.807) is 19.9 Å². The molecule has 0 saturated heterocycles. The maximum Gasteiger partial charge on any atom is 0.448 e. The first-order chi connectivity index (χ1) is 9.20. The van der Waals surface area contributed by atoms with Crippen LogP contribution in [0, 0.1) is 0 Å². The molecule has 0 saturated carbocycles. The number of allylic oxidation sites excluding steroid dienone is 1. The Morgan fingerprint density at radius 2 is 1.84 bits per heavy atom. The van der Waals surface area contributed by atoms with Gasteiger partial charge in [0.25, 0.3) is 0 Å². The smallest absolute Gasteiger partial charge is 0.292 e. The zero-order valence-electron chi connectivity index (χ0n) is 11.2. The monoisotopic (exact) mass is 282 g/mol. The Hall–Kier alpha value is -1.42. The molecule has 0 atom stereocenters. The molecule has 1 aromatic rings. The van der Waals surface area contributed by atoms with E-state index in [9.17, 15) is 4.57 Å². The predicted octanol–water partition coefficient (Wildman–Crippen LogP) is 3.46. The van der Waals surface area contributed by atoms with Crippen LogP contribution in [-0.4, -0.2) is 19.4 Å². The second-order valence-electron chi connectivity index (χ2n) is 3.48. The molecular formula is C13H19N2O3P. The summed E-state index contributed by atoms with van der Waals surface area (Å²) < 4.78 is 22.0.